The van der Waals surface area contributed by atoms with E-state index >= 15 is 0 Å². The zero-order valence-corrected chi connectivity index (χ0v) is 5.68. The van der Waals surface area contributed by atoms with Crippen LogP contribution in [-0.4, -0.2) is 19.9 Å². The molecule has 8 heavy (non-hydrogen) atoms. The third-order valence-corrected chi connectivity index (χ3v) is 1.73. The van der Waals surface area contributed by atoms with E-state index in [0.29, 0.717) is 6.00 Å². The van der Waals surface area contributed by atoms with Crippen LogP contribution < -0.4 is 0 Å². The van der Waals surface area contributed by atoms with Gasteiger partial charge in [0.2, 0.25) is 0 Å². The SMILES string of the molecule is CC1CBC(C)OC1. The summed E-state index contributed by atoms with van der Waals surface area (Å²) >= 11 is 0. The summed E-state index contributed by atoms with van der Waals surface area (Å²) in [5.74, 6) is 0.797. The minimum absolute atomic E-state index is 0.520. The van der Waals surface area contributed by atoms with E-state index < -0.39 is 0 Å². The molecule has 1 saturated heterocycles. The van der Waals surface area contributed by atoms with Gasteiger partial charge in [0.1, 0.15) is 0 Å². The van der Waals surface area contributed by atoms with Crippen molar-refractivity contribution < 1.29 is 4.74 Å². The van der Waals surface area contributed by atoms with Crippen LogP contribution in [0.25, 0.3) is 0 Å². The molecule has 0 bridgehead atoms. The molecule has 0 radical (unpaired) electrons. The first-order chi connectivity index (χ1) is 3.79. The van der Waals surface area contributed by atoms with Gasteiger partial charge in [-0.05, 0) is 12.8 Å². The maximum Gasteiger partial charge on any atom is 0.157 e. The van der Waals surface area contributed by atoms with E-state index in [2.05, 4.69) is 13.8 Å². The first-order valence-electron chi connectivity index (χ1n) is 3.40. The van der Waals surface area contributed by atoms with Crippen molar-refractivity contribution in [2.24, 2.45) is 5.92 Å². The summed E-state index contributed by atoms with van der Waals surface area (Å²) < 4.78 is 5.39. The van der Waals surface area contributed by atoms with Crippen molar-refractivity contribution in [1.82, 2.24) is 0 Å². The van der Waals surface area contributed by atoms with Gasteiger partial charge in [0.25, 0.3) is 0 Å². The quantitative estimate of drug-likeness (QED) is 0.422. The van der Waals surface area contributed by atoms with Crippen LogP contribution in [0.1, 0.15) is 13.8 Å². The lowest BCUT2D eigenvalue weighted by atomic mass is 9.64. The second-order valence-corrected chi connectivity index (χ2v) is 2.83. The lowest BCUT2D eigenvalue weighted by Gasteiger charge is -2.22. The smallest absolute Gasteiger partial charge is 0.157 e. The zero-order valence-electron chi connectivity index (χ0n) is 5.68. The molecule has 1 aliphatic heterocycles. The number of ether oxygens (including phenoxy) is 1. The Morgan fingerprint density at radius 1 is 1.50 bits per heavy atom. The van der Waals surface area contributed by atoms with Gasteiger partial charge in [-0.25, -0.2) is 0 Å². The Bertz CT molecular complexity index is 56.9. The summed E-state index contributed by atoms with van der Waals surface area (Å²) in [5.41, 5.74) is 0. The topological polar surface area (TPSA) is 9.23 Å². The van der Waals surface area contributed by atoms with Crippen LogP contribution in [0, 0.1) is 5.92 Å². The molecule has 1 rings (SSSR count). The largest absolute Gasteiger partial charge is 0.387 e. The molecule has 0 aliphatic carbocycles. The average molecular weight is 112 g/mol. The van der Waals surface area contributed by atoms with Crippen LogP contribution in [0.3, 0.4) is 0 Å². The highest BCUT2D eigenvalue weighted by molar-refractivity contribution is 6.37. The summed E-state index contributed by atoms with van der Waals surface area (Å²) in [5, 5.41) is 0. The van der Waals surface area contributed by atoms with E-state index in [1.165, 1.54) is 13.6 Å². The first kappa shape index (κ1) is 6.15. The van der Waals surface area contributed by atoms with E-state index in [9.17, 15) is 0 Å². The van der Waals surface area contributed by atoms with E-state index in [1.54, 1.807) is 0 Å². The van der Waals surface area contributed by atoms with Crippen LogP contribution in [0.4, 0.5) is 0 Å². The molecule has 2 unspecified atom stereocenters. The second kappa shape index (κ2) is 2.54. The van der Waals surface area contributed by atoms with Gasteiger partial charge in [-0.2, -0.15) is 0 Å². The van der Waals surface area contributed by atoms with Gasteiger partial charge < -0.3 is 4.74 Å². The van der Waals surface area contributed by atoms with E-state index in [4.69, 9.17) is 4.74 Å². The Labute approximate surface area is 51.7 Å². The highest BCUT2D eigenvalue weighted by Gasteiger charge is 2.15. The van der Waals surface area contributed by atoms with Crippen LogP contribution in [0.5, 0.6) is 0 Å². The molecule has 0 aromatic rings. The molecule has 0 aromatic heterocycles. The summed E-state index contributed by atoms with van der Waals surface area (Å²) in [6.45, 7) is 5.36. The third kappa shape index (κ3) is 1.51. The van der Waals surface area contributed by atoms with Gasteiger partial charge in [0.15, 0.2) is 7.28 Å². The van der Waals surface area contributed by atoms with Gasteiger partial charge in [0.05, 0.1) is 0 Å². The first-order valence-corrected chi connectivity index (χ1v) is 3.40. The molecule has 2 atom stereocenters. The Morgan fingerprint density at radius 2 is 2.25 bits per heavy atom. The van der Waals surface area contributed by atoms with Crippen molar-refractivity contribution >= 4 is 7.28 Å². The molecule has 0 amide bonds. The fraction of sp³-hybridized carbons (Fsp3) is 1.00. The van der Waals surface area contributed by atoms with Gasteiger partial charge in [0, 0.05) is 12.6 Å². The third-order valence-electron chi connectivity index (χ3n) is 1.73. The van der Waals surface area contributed by atoms with Gasteiger partial charge in [-0.15, -0.1) is 0 Å². The molecule has 1 aliphatic rings. The molecular weight excluding hydrogens is 98.9 g/mol. The van der Waals surface area contributed by atoms with Crippen molar-refractivity contribution in [2.75, 3.05) is 6.61 Å². The number of rotatable bonds is 0. The summed E-state index contributed by atoms with van der Waals surface area (Å²) in [4.78, 5) is 0. The Hall–Kier alpha value is 0.0249. The fourth-order valence-electron chi connectivity index (χ4n) is 1.01. The Morgan fingerprint density at radius 3 is 2.62 bits per heavy atom. The molecule has 0 aromatic carbocycles. The molecular formula is C6H13BO. The fourth-order valence-corrected chi connectivity index (χ4v) is 1.01. The lowest BCUT2D eigenvalue weighted by molar-refractivity contribution is 0.0794. The highest BCUT2D eigenvalue weighted by Crippen LogP contribution is 2.11. The van der Waals surface area contributed by atoms with Gasteiger partial charge in [-0.1, -0.05) is 13.2 Å². The lowest BCUT2D eigenvalue weighted by Crippen LogP contribution is -2.27. The maximum atomic E-state index is 5.39. The second-order valence-electron chi connectivity index (χ2n) is 2.83. The standard InChI is InChI=1S/C6H13BO/c1-5-3-7-6(2)8-4-5/h5-7H,3-4H2,1-2H3. The van der Waals surface area contributed by atoms with Crippen LogP contribution in [0.2, 0.25) is 6.32 Å². The molecule has 1 heterocycles. The number of hydrogen-bond acceptors (Lipinski definition) is 1. The van der Waals surface area contributed by atoms with E-state index in [1.807, 2.05) is 0 Å². The van der Waals surface area contributed by atoms with Crippen LogP contribution in [0.15, 0.2) is 0 Å². The summed E-state index contributed by atoms with van der Waals surface area (Å²) in [6, 6.07) is 0.520. The van der Waals surface area contributed by atoms with Gasteiger partial charge >= 0.3 is 0 Å². The zero-order chi connectivity index (χ0) is 5.98. The Kier molecular flexibility index (Phi) is 1.95. The molecule has 0 N–H and O–H groups in total. The van der Waals surface area contributed by atoms with E-state index in [0.717, 1.165) is 12.5 Å². The molecule has 1 nitrogen and oxygen atoms in total. The van der Waals surface area contributed by atoms with Crippen LogP contribution >= 0.6 is 0 Å². The molecule has 2 heteroatoms. The van der Waals surface area contributed by atoms with Crippen molar-refractivity contribution in [3.63, 3.8) is 0 Å². The van der Waals surface area contributed by atoms with Crippen molar-refractivity contribution in [3.05, 3.63) is 0 Å². The minimum atomic E-state index is 0.520. The van der Waals surface area contributed by atoms with Crippen molar-refractivity contribution in [3.8, 4) is 0 Å². The van der Waals surface area contributed by atoms with Crippen molar-refractivity contribution in [2.45, 2.75) is 26.2 Å². The molecule has 0 spiro atoms. The maximum absolute atomic E-state index is 5.39. The predicted molar refractivity (Wildman–Crippen MR) is 36.5 cm³/mol. The molecule has 1 fully saturated rings. The number of hydrogen-bond donors (Lipinski definition) is 0. The summed E-state index contributed by atoms with van der Waals surface area (Å²) in [6.07, 6.45) is 1.35. The highest BCUT2D eigenvalue weighted by atomic mass is 16.5. The average Bonchev–Trinajstić information content (AvgIpc) is 1.77. The molecule has 46 valence electrons. The summed E-state index contributed by atoms with van der Waals surface area (Å²) in [7, 11) is 1.25. The van der Waals surface area contributed by atoms with Gasteiger partial charge in [-0.3, -0.25) is 0 Å². The Balaban J connectivity index is 2.19. The van der Waals surface area contributed by atoms with E-state index in [-0.39, 0.29) is 0 Å². The van der Waals surface area contributed by atoms with Crippen molar-refractivity contribution in [1.29, 1.82) is 0 Å². The predicted octanol–water partition coefficient (Wildman–Crippen LogP) is 0.853. The van der Waals surface area contributed by atoms with Crippen LogP contribution in [-0.2, 0) is 4.74 Å². The minimum Gasteiger partial charge on any atom is -0.387 e. The molecule has 0 saturated carbocycles. The monoisotopic (exact) mass is 112 g/mol. The normalized spacial score (nSPS) is 38.8.